The van der Waals surface area contributed by atoms with Gasteiger partial charge in [-0.05, 0) is 72.8 Å². The van der Waals surface area contributed by atoms with Gasteiger partial charge in [0.25, 0.3) is 5.91 Å². The van der Waals surface area contributed by atoms with Crippen LogP contribution in [0.25, 0.3) is 0 Å². The maximum Gasteiger partial charge on any atom is 0.258 e. The molecule has 1 saturated carbocycles. The average Bonchev–Trinajstić information content (AvgIpc) is 3.30. The van der Waals surface area contributed by atoms with Crippen LogP contribution in [-0.2, 0) is 0 Å². The van der Waals surface area contributed by atoms with Gasteiger partial charge in [-0.25, -0.2) is 4.39 Å². The molecule has 1 aliphatic heterocycles. The third kappa shape index (κ3) is 3.46. The van der Waals surface area contributed by atoms with Crippen molar-refractivity contribution in [1.82, 2.24) is 10.2 Å². The number of nitrogens with one attached hydrogen (secondary N) is 1. The van der Waals surface area contributed by atoms with Gasteiger partial charge in [-0.2, -0.15) is 0 Å². The number of piperidine rings is 1. The van der Waals surface area contributed by atoms with E-state index in [0.717, 1.165) is 45.3 Å². The van der Waals surface area contributed by atoms with Crippen molar-refractivity contribution in [3.05, 3.63) is 34.1 Å². The Morgan fingerprint density at radius 2 is 2.19 bits per heavy atom. The Morgan fingerprint density at radius 3 is 2.81 bits per heavy atom. The van der Waals surface area contributed by atoms with Crippen LogP contribution in [0.2, 0.25) is 0 Å². The third-order valence-corrected chi connectivity index (χ3v) is 4.94. The van der Waals surface area contributed by atoms with E-state index in [1.807, 2.05) is 4.90 Å². The van der Waals surface area contributed by atoms with E-state index in [1.54, 1.807) is 12.1 Å². The lowest BCUT2D eigenvalue weighted by Crippen LogP contribution is -2.42. The molecule has 0 aromatic heterocycles. The summed E-state index contributed by atoms with van der Waals surface area (Å²) in [7, 11) is 0. The first-order valence-electron chi connectivity index (χ1n) is 7.62. The highest BCUT2D eigenvalue weighted by Gasteiger charge is 2.36. The van der Waals surface area contributed by atoms with Gasteiger partial charge in [-0.3, -0.25) is 4.79 Å². The van der Waals surface area contributed by atoms with Gasteiger partial charge < -0.3 is 10.2 Å². The molecule has 1 atom stereocenters. The van der Waals surface area contributed by atoms with E-state index in [0.29, 0.717) is 16.4 Å². The van der Waals surface area contributed by atoms with E-state index in [4.69, 9.17) is 0 Å². The molecule has 1 N–H and O–H groups in total. The molecule has 1 unspecified atom stereocenters. The Morgan fingerprint density at radius 1 is 1.38 bits per heavy atom. The van der Waals surface area contributed by atoms with Crippen LogP contribution in [-0.4, -0.2) is 36.5 Å². The maximum absolute atomic E-state index is 14.0. The van der Waals surface area contributed by atoms with Crippen LogP contribution in [0.3, 0.4) is 0 Å². The highest BCUT2D eigenvalue weighted by Crippen LogP contribution is 2.32. The van der Waals surface area contributed by atoms with Crippen molar-refractivity contribution in [2.45, 2.75) is 31.7 Å². The number of amides is 1. The number of benzene rings is 1. The molecule has 1 aromatic rings. The molecule has 0 bridgehead atoms. The summed E-state index contributed by atoms with van der Waals surface area (Å²) in [6.07, 6.45) is 4.37. The highest BCUT2D eigenvalue weighted by molar-refractivity contribution is 9.10. The second-order valence-corrected chi connectivity index (χ2v) is 6.85. The molecular formula is C16H20BrFN2O. The molecule has 114 valence electrons. The standard InChI is InChI=1S/C16H20BrFN2O/c17-13-4-1-5-14(18)15(13)16(21)20(12-6-7-12)10-11-3-2-8-19-9-11/h1,4-5,11-12,19H,2-3,6-10H2. The van der Waals surface area contributed by atoms with Crippen molar-refractivity contribution in [1.29, 1.82) is 0 Å². The fourth-order valence-corrected chi connectivity index (χ4v) is 3.50. The lowest BCUT2D eigenvalue weighted by molar-refractivity contribution is 0.0698. The zero-order valence-electron chi connectivity index (χ0n) is 11.9. The van der Waals surface area contributed by atoms with Crippen LogP contribution in [0.15, 0.2) is 22.7 Å². The molecule has 2 aliphatic rings. The van der Waals surface area contributed by atoms with Gasteiger partial charge in [-0.1, -0.05) is 6.07 Å². The predicted octanol–water partition coefficient (Wildman–Crippen LogP) is 3.19. The average molecular weight is 355 g/mol. The van der Waals surface area contributed by atoms with E-state index < -0.39 is 5.82 Å². The second-order valence-electron chi connectivity index (χ2n) is 6.00. The maximum atomic E-state index is 14.0. The molecule has 1 amide bonds. The number of carbonyl (C=O) groups is 1. The summed E-state index contributed by atoms with van der Waals surface area (Å²) in [5.74, 6) is -0.135. The van der Waals surface area contributed by atoms with Crippen molar-refractivity contribution in [2.24, 2.45) is 5.92 Å². The van der Waals surface area contributed by atoms with Crippen LogP contribution in [0.1, 0.15) is 36.0 Å². The Hall–Kier alpha value is -0.940. The normalized spacial score (nSPS) is 22.1. The second kappa shape index (κ2) is 6.44. The number of hydrogen-bond acceptors (Lipinski definition) is 2. The first-order valence-corrected chi connectivity index (χ1v) is 8.42. The Kier molecular flexibility index (Phi) is 4.60. The minimum atomic E-state index is -0.443. The van der Waals surface area contributed by atoms with E-state index in [9.17, 15) is 9.18 Å². The quantitative estimate of drug-likeness (QED) is 0.900. The fourth-order valence-electron chi connectivity index (χ4n) is 2.99. The number of nitrogens with zero attached hydrogens (tertiary/aromatic N) is 1. The van der Waals surface area contributed by atoms with E-state index in [2.05, 4.69) is 21.2 Å². The van der Waals surface area contributed by atoms with Crippen LogP contribution in [0.5, 0.6) is 0 Å². The van der Waals surface area contributed by atoms with Gasteiger partial charge >= 0.3 is 0 Å². The molecule has 0 spiro atoms. The molecule has 3 rings (SSSR count). The predicted molar refractivity (Wildman–Crippen MR) is 83.8 cm³/mol. The molecule has 21 heavy (non-hydrogen) atoms. The smallest absolute Gasteiger partial charge is 0.258 e. The molecular weight excluding hydrogens is 335 g/mol. The Labute approximate surface area is 133 Å². The summed E-state index contributed by atoms with van der Waals surface area (Å²) in [5.41, 5.74) is 0.174. The van der Waals surface area contributed by atoms with E-state index in [-0.39, 0.29) is 11.5 Å². The summed E-state index contributed by atoms with van der Waals surface area (Å²) < 4.78 is 14.6. The monoisotopic (exact) mass is 354 g/mol. The van der Waals surface area contributed by atoms with Gasteiger partial charge in [0.1, 0.15) is 5.82 Å². The largest absolute Gasteiger partial charge is 0.335 e. The van der Waals surface area contributed by atoms with Crippen molar-refractivity contribution in [3.63, 3.8) is 0 Å². The summed E-state index contributed by atoms with van der Waals surface area (Å²) in [6, 6.07) is 4.99. The molecule has 5 heteroatoms. The molecule has 0 radical (unpaired) electrons. The van der Waals surface area contributed by atoms with Gasteiger partial charge in [-0.15, -0.1) is 0 Å². The van der Waals surface area contributed by atoms with Gasteiger partial charge in [0.2, 0.25) is 0 Å². The van der Waals surface area contributed by atoms with Crippen molar-refractivity contribution in [3.8, 4) is 0 Å². The minimum Gasteiger partial charge on any atom is -0.335 e. The first-order chi connectivity index (χ1) is 10.2. The lowest BCUT2D eigenvalue weighted by Gasteiger charge is -2.30. The Balaban J connectivity index is 1.78. The summed E-state index contributed by atoms with van der Waals surface area (Å²) >= 11 is 3.31. The van der Waals surface area contributed by atoms with Gasteiger partial charge in [0.15, 0.2) is 0 Å². The molecule has 2 fully saturated rings. The topological polar surface area (TPSA) is 32.3 Å². The summed E-state index contributed by atoms with van der Waals surface area (Å²) in [5, 5.41) is 3.38. The Bertz CT molecular complexity index is 507. The van der Waals surface area contributed by atoms with Crippen molar-refractivity contribution < 1.29 is 9.18 Å². The van der Waals surface area contributed by atoms with Crippen molar-refractivity contribution >= 4 is 21.8 Å². The van der Waals surface area contributed by atoms with Crippen LogP contribution in [0.4, 0.5) is 4.39 Å². The van der Waals surface area contributed by atoms with Gasteiger partial charge in [0.05, 0.1) is 5.56 Å². The molecule has 1 aromatic carbocycles. The summed E-state index contributed by atoms with van der Waals surface area (Å²) in [4.78, 5) is 14.7. The van der Waals surface area contributed by atoms with Crippen LogP contribution < -0.4 is 5.32 Å². The zero-order chi connectivity index (χ0) is 14.8. The molecule has 1 saturated heterocycles. The fraction of sp³-hybridized carbons (Fsp3) is 0.562. The number of rotatable bonds is 4. The SMILES string of the molecule is O=C(c1c(F)cccc1Br)N(CC1CCCNC1)C1CC1. The molecule has 3 nitrogen and oxygen atoms in total. The number of hydrogen-bond donors (Lipinski definition) is 1. The highest BCUT2D eigenvalue weighted by atomic mass is 79.9. The van der Waals surface area contributed by atoms with Crippen LogP contribution in [0, 0.1) is 11.7 Å². The summed E-state index contributed by atoms with van der Waals surface area (Å²) in [6.45, 7) is 2.75. The zero-order valence-corrected chi connectivity index (χ0v) is 13.5. The van der Waals surface area contributed by atoms with Crippen molar-refractivity contribution in [2.75, 3.05) is 19.6 Å². The number of halogens is 2. The minimum absolute atomic E-state index is 0.173. The van der Waals surface area contributed by atoms with E-state index in [1.165, 1.54) is 6.07 Å². The van der Waals surface area contributed by atoms with Crippen LogP contribution >= 0.6 is 15.9 Å². The van der Waals surface area contributed by atoms with E-state index >= 15 is 0 Å². The lowest BCUT2D eigenvalue weighted by atomic mass is 9.98. The number of carbonyl (C=O) groups excluding carboxylic acids is 1. The van der Waals surface area contributed by atoms with Gasteiger partial charge in [0, 0.05) is 17.1 Å². The molecule has 1 heterocycles. The third-order valence-electron chi connectivity index (χ3n) is 4.28. The first kappa shape index (κ1) is 15.0. The molecule has 1 aliphatic carbocycles.